The number of aromatic nitrogens is 1. The molecule has 0 aliphatic carbocycles. The summed E-state index contributed by atoms with van der Waals surface area (Å²) in [5, 5.41) is 6.92. The van der Waals surface area contributed by atoms with Gasteiger partial charge in [-0.15, -0.1) is 11.3 Å². The Morgan fingerprint density at radius 2 is 2.40 bits per heavy atom. The second-order valence-corrected chi connectivity index (χ2v) is 5.29. The van der Waals surface area contributed by atoms with Gasteiger partial charge in [-0.3, -0.25) is 0 Å². The highest BCUT2D eigenvalue weighted by Crippen LogP contribution is 2.30. The monoisotopic (exact) mass is 223 g/mol. The predicted molar refractivity (Wildman–Crippen MR) is 63.5 cm³/mol. The van der Waals surface area contributed by atoms with Crippen molar-refractivity contribution in [2.45, 2.75) is 37.8 Å². The van der Waals surface area contributed by atoms with Gasteiger partial charge in [0.2, 0.25) is 0 Å². The second kappa shape index (κ2) is 4.10. The van der Waals surface area contributed by atoms with Gasteiger partial charge in [0, 0.05) is 30.2 Å². The van der Waals surface area contributed by atoms with Gasteiger partial charge >= 0.3 is 0 Å². The van der Waals surface area contributed by atoms with Crippen LogP contribution in [0.4, 0.5) is 5.13 Å². The topological polar surface area (TPSA) is 28.2 Å². The van der Waals surface area contributed by atoms with Crippen molar-refractivity contribution in [1.82, 2.24) is 10.3 Å². The summed E-state index contributed by atoms with van der Waals surface area (Å²) >= 11 is 1.77. The maximum atomic E-state index is 4.44. The van der Waals surface area contributed by atoms with Gasteiger partial charge in [0.05, 0.1) is 0 Å². The summed E-state index contributed by atoms with van der Waals surface area (Å²) in [5.74, 6) is 0. The van der Waals surface area contributed by atoms with Crippen LogP contribution >= 0.6 is 11.3 Å². The number of anilines is 1. The van der Waals surface area contributed by atoms with Crippen LogP contribution in [0.15, 0.2) is 11.6 Å². The number of thiazole rings is 1. The van der Waals surface area contributed by atoms with Gasteiger partial charge in [0.25, 0.3) is 0 Å². The van der Waals surface area contributed by atoms with E-state index >= 15 is 0 Å². The second-order valence-electron chi connectivity index (χ2n) is 4.42. The summed E-state index contributed by atoms with van der Waals surface area (Å²) in [6, 6.07) is 1.40. The Labute approximate surface area is 94.5 Å². The molecule has 3 rings (SSSR count). The van der Waals surface area contributed by atoms with Crippen molar-refractivity contribution >= 4 is 16.5 Å². The fourth-order valence-corrected chi connectivity index (χ4v) is 3.57. The minimum Gasteiger partial charge on any atom is -0.344 e. The van der Waals surface area contributed by atoms with E-state index < -0.39 is 0 Å². The first-order valence-electron chi connectivity index (χ1n) is 5.85. The van der Waals surface area contributed by atoms with Crippen molar-refractivity contribution in [1.29, 1.82) is 0 Å². The first-order valence-corrected chi connectivity index (χ1v) is 6.72. The lowest BCUT2D eigenvalue weighted by atomic mass is 10.0. The zero-order valence-electron chi connectivity index (χ0n) is 8.85. The zero-order valence-corrected chi connectivity index (χ0v) is 9.67. The third kappa shape index (κ3) is 1.76. The predicted octanol–water partition coefficient (Wildman–Crippen LogP) is 1.86. The largest absolute Gasteiger partial charge is 0.344 e. The molecule has 3 nitrogen and oxygen atoms in total. The Morgan fingerprint density at radius 3 is 3.13 bits per heavy atom. The molecule has 2 atom stereocenters. The van der Waals surface area contributed by atoms with Gasteiger partial charge in [-0.05, 0) is 32.2 Å². The molecular formula is C11H17N3S. The van der Waals surface area contributed by atoms with Crippen LogP contribution in [0.25, 0.3) is 0 Å². The maximum Gasteiger partial charge on any atom is 0.185 e. The molecule has 0 bridgehead atoms. The summed E-state index contributed by atoms with van der Waals surface area (Å²) < 4.78 is 0. The highest BCUT2D eigenvalue weighted by molar-refractivity contribution is 7.13. The molecule has 2 unspecified atom stereocenters. The number of hydrogen-bond donors (Lipinski definition) is 1. The van der Waals surface area contributed by atoms with E-state index in [0.29, 0.717) is 12.1 Å². The van der Waals surface area contributed by atoms with Gasteiger partial charge < -0.3 is 10.2 Å². The van der Waals surface area contributed by atoms with Crippen LogP contribution in [0.1, 0.15) is 25.7 Å². The average molecular weight is 223 g/mol. The first kappa shape index (κ1) is 9.60. The lowest BCUT2D eigenvalue weighted by molar-refractivity contribution is 0.482. The number of rotatable bonds is 2. The molecule has 0 saturated carbocycles. The standard InChI is InChI=1S/C11H17N3S/c1-3-9(12-5-1)10-4-2-7-14(10)11-13-6-8-15-11/h6,8-10,12H,1-5,7H2. The maximum absolute atomic E-state index is 4.44. The molecule has 2 aliphatic heterocycles. The number of hydrogen-bond acceptors (Lipinski definition) is 4. The van der Waals surface area contributed by atoms with Crippen molar-refractivity contribution in [3.05, 3.63) is 11.6 Å². The van der Waals surface area contributed by atoms with Gasteiger partial charge in [-0.25, -0.2) is 4.98 Å². The van der Waals surface area contributed by atoms with Crippen LogP contribution in [0, 0.1) is 0 Å². The van der Waals surface area contributed by atoms with Crippen LogP contribution < -0.4 is 10.2 Å². The summed E-state index contributed by atoms with van der Waals surface area (Å²) in [6.07, 6.45) is 7.25. The molecular weight excluding hydrogens is 206 g/mol. The molecule has 1 aromatic rings. The number of nitrogens with zero attached hydrogens (tertiary/aromatic N) is 2. The van der Waals surface area contributed by atoms with Crippen molar-refractivity contribution in [3.63, 3.8) is 0 Å². The van der Waals surface area contributed by atoms with E-state index in [1.165, 1.54) is 43.9 Å². The molecule has 0 radical (unpaired) electrons. The Balaban J connectivity index is 1.77. The van der Waals surface area contributed by atoms with Gasteiger partial charge in [-0.2, -0.15) is 0 Å². The smallest absolute Gasteiger partial charge is 0.185 e. The Hall–Kier alpha value is -0.610. The molecule has 0 aromatic carbocycles. The molecule has 15 heavy (non-hydrogen) atoms. The Bertz CT molecular complexity index is 306. The molecule has 0 spiro atoms. The molecule has 2 fully saturated rings. The molecule has 82 valence electrons. The SMILES string of the molecule is c1csc(N2CCCC2C2CCCN2)n1. The minimum atomic E-state index is 0.693. The van der Waals surface area contributed by atoms with E-state index in [1.54, 1.807) is 11.3 Å². The summed E-state index contributed by atoms with van der Waals surface area (Å²) in [7, 11) is 0. The van der Waals surface area contributed by atoms with Gasteiger partial charge in [0.1, 0.15) is 0 Å². The van der Waals surface area contributed by atoms with Crippen LogP contribution in [0.3, 0.4) is 0 Å². The minimum absolute atomic E-state index is 0.693. The lowest BCUT2D eigenvalue weighted by Crippen LogP contribution is -2.43. The highest BCUT2D eigenvalue weighted by Gasteiger charge is 2.34. The molecule has 3 heterocycles. The van der Waals surface area contributed by atoms with Gasteiger partial charge in [0.15, 0.2) is 5.13 Å². The van der Waals surface area contributed by atoms with E-state index in [1.807, 2.05) is 6.20 Å². The van der Waals surface area contributed by atoms with E-state index in [4.69, 9.17) is 0 Å². The molecule has 0 amide bonds. The van der Waals surface area contributed by atoms with Crippen LogP contribution in [0.5, 0.6) is 0 Å². The normalized spacial score (nSPS) is 31.3. The summed E-state index contributed by atoms with van der Waals surface area (Å²) in [6.45, 7) is 2.39. The summed E-state index contributed by atoms with van der Waals surface area (Å²) in [4.78, 5) is 6.94. The average Bonchev–Trinajstić information content (AvgIpc) is 3.01. The van der Waals surface area contributed by atoms with Crippen molar-refractivity contribution in [2.75, 3.05) is 18.0 Å². The van der Waals surface area contributed by atoms with Crippen molar-refractivity contribution in [2.24, 2.45) is 0 Å². The number of nitrogens with one attached hydrogen (secondary N) is 1. The fourth-order valence-electron chi connectivity index (χ4n) is 2.85. The van der Waals surface area contributed by atoms with Crippen LogP contribution in [-0.4, -0.2) is 30.2 Å². The highest BCUT2D eigenvalue weighted by atomic mass is 32.1. The van der Waals surface area contributed by atoms with E-state index in [0.717, 1.165) is 0 Å². The molecule has 4 heteroatoms. The fraction of sp³-hybridized carbons (Fsp3) is 0.727. The lowest BCUT2D eigenvalue weighted by Gasteiger charge is -2.29. The van der Waals surface area contributed by atoms with Crippen molar-refractivity contribution in [3.8, 4) is 0 Å². The molecule has 1 N–H and O–H groups in total. The molecule has 2 saturated heterocycles. The molecule has 2 aliphatic rings. The molecule has 1 aromatic heterocycles. The Kier molecular flexibility index (Phi) is 2.63. The summed E-state index contributed by atoms with van der Waals surface area (Å²) in [5.41, 5.74) is 0. The van der Waals surface area contributed by atoms with E-state index in [2.05, 4.69) is 20.6 Å². The quantitative estimate of drug-likeness (QED) is 0.829. The van der Waals surface area contributed by atoms with E-state index in [-0.39, 0.29) is 0 Å². The van der Waals surface area contributed by atoms with E-state index in [9.17, 15) is 0 Å². The third-order valence-corrected chi connectivity index (χ3v) is 4.34. The third-order valence-electron chi connectivity index (χ3n) is 3.53. The van der Waals surface area contributed by atoms with Crippen molar-refractivity contribution < 1.29 is 0 Å². The van der Waals surface area contributed by atoms with Crippen LogP contribution in [-0.2, 0) is 0 Å². The van der Waals surface area contributed by atoms with Crippen LogP contribution in [0.2, 0.25) is 0 Å². The van der Waals surface area contributed by atoms with Gasteiger partial charge in [-0.1, -0.05) is 0 Å². The Morgan fingerprint density at radius 1 is 1.40 bits per heavy atom. The first-order chi connectivity index (χ1) is 7.45. The zero-order chi connectivity index (χ0) is 10.1.